The van der Waals surface area contributed by atoms with Crippen molar-refractivity contribution in [3.63, 3.8) is 0 Å². The Bertz CT molecular complexity index is 1030. The van der Waals surface area contributed by atoms with Gasteiger partial charge in [-0.15, -0.1) is 0 Å². The Morgan fingerprint density at radius 3 is 1.28 bits per heavy atom. The van der Waals surface area contributed by atoms with Gasteiger partial charge in [0.2, 0.25) is 0 Å². The van der Waals surface area contributed by atoms with Crippen LogP contribution in [0.2, 0.25) is 0 Å². The van der Waals surface area contributed by atoms with Crippen LogP contribution in [-0.2, 0) is 37.5 Å². The number of carboxylic acid groups (broad SMARTS) is 1. The highest BCUT2D eigenvalue weighted by atomic mass is 31.2. The predicted octanol–water partition coefficient (Wildman–Crippen LogP) is 12.5. The normalized spacial score (nSPS) is 13.8. The molecule has 3 atom stereocenters. The molecule has 0 saturated carbocycles. The molecular weight excluding hydrogens is 745 g/mol. The maximum atomic E-state index is 12.6. The maximum absolute atomic E-state index is 12.6. The van der Waals surface area contributed by atoms with E-state index < -0.39 is 51.1 Å². The second kappa shape index (κ2) is 41.0. The summed E-state index contributed by atoms with van der Waals surface area (Å²) in [6, 6.07) is -1.52. The first-order valence-corrected chi connectivity index (χ1v) is 24.7. The van der Waals surface area contributed by atoms with E-state index in [9.17, 15) is 23.8 Å². The fourth-order valence-electron chi connectivity index (χ4n) is 6.59. The predicted molar refractivity (Wildman–Crippen MR) is 231 cm³/mol. The lowest BCUT2D eigenvalue weighted by Gasteiger charge is -2.20. The van der Waals surface area contributed by atoms with Gasteiger partial charge in [0.15, 0.2) is 6.10 Å². The quantitative estimate of drug-likeness (QED) is 0.0231. The summed E-state index contributed by atoms with van der Waals surface area (Å²) in [6.07, 6.45) is 41.3. The zero-order valence-corrected chi connectivity index (χ0v) is 37.3. The molecule has 12 heteroatoms. The number of carboxylic acids is 1. The molecule has 0 saturated heterocycles. The number of ether oxygens (including phenoxy) is 2. The zero-order valence-electron chi connectivity index (χ0n) is 36.5. The molecule has 0 rings (SSSR count). The molecule has 4 N–H and O–H groups in total. The highest BCUT2D eigenvalue weighted by Crippen LogP contribution is 2.43. The number of unbranched alkanes of at least 4 members (excludes halogenated alkanes) is 28. The minimum atomic E-state index is -4.71. The van der Waals surface area contributed by atoms with E-state index in [4.69, 9.17) is 24.8 Å². The van der Waals surface area contributed by atoms with Gasteiger partial charge in [0.1, 0.15) is 12.6 Å². The number of carbonyl (C=O) groups is 3. The minimum absolute atomic E-state index is 0.167. The van der Waals surface area contributed by atoms with Crippen LogP contribution in [0.5, 0.6) is 0 Å². The lowest BCUT2D eigenvalue weighted by Crippen LogP contribution is -2.34. The summed E-state index contributed by atoms with van der Waals surface area (Å²) in [5.74, 6) is -2.36. The smallest absolute Gasteiger partial charge is 0.472 e. The third-order valence-corrected chi connectivity index (χ3v) is 11.2. The molecule has 0 fully saturated rings. The lowest BCUT2D eigenvalue weighted by atomic mass is 10.0. The highest BCUT2D eigenvalue weighted by Gasteiger charge is 2.28. The Balaban J connectivity index is 4.22. The summed E-state index contributed by atoms with van der Waals surface area (Å²) in [6.45, 7) is 2.82. The molecule has 0 heterocycles. The van der Waals surface area contributed by atoms with Crippen molar-refractivity contribution in [3.05, 3.63) is 12.2 Å². The van der Waals surface area contributed by atoms with Gasteiger partial charge in [0, 0.05) is 12.8 Å². The summed E-state index contributed by atoms with van der Waals surface area (Å²) in [5, 5.41) is 8.89. The first kappa shape index (κ1) is 55.2. The van der Waals surface area contributed by atoms with Crippen molar-refractivity contribution in [2.45, 2.75) is 238 Å². The Morgan fingerprint density at radius 2 is 0.877 bits per heavy atom. The van der Waals surface area contributed by atoms with Gasteiger partial charge in [-0.2, -0.15) is 0 Å². The van der Waals surface area contributed by atoms with Crippen LogP contribution in [0.15, 0.2) is 12.2 Å². The van der Waals surface area contributed by atoms with Gasteiger partial charge in [-0.25, -0.2) is 4.57 Å². The van der Waals surface area contributed by atoms with E-state index in [1.807, 2.05) is 0 Å². The van der Waals surface area contributed by atoms with Crippen molar-refractivity contribution < 1.29 is 47.5 Å². The van der Waals surface area contributed by atoms with Crippen molar-refractivity contribution in [2.75, 3.05) is 19.8 Å². The van der Waals surface area contributed by atoms with Crippen molar-refractivity contribution in [3.8, 4) is 0 Å². The molecule has 336 valence electrons. The Hall–Kier alpha value is -1.78. The molecule has 57 heavy (non-hydrogen) atoms. The van der Waals surface area contributed by atoms with E-state index in [1.54, 1.807) is 0 Å². The highest BCUT2D eigenvalue weighted by molar-refractivity contribution is 7.47. The molecule has 1 unspecified atom stereocenters. The molecular formula is C45H86NO10P. The first-order chi connectivity index (χ1) is 27.6. The van der Waals surface area contributed by atoms with E-state index in [1.165, 1.54) is 148 Å². The Morgan fingerprint density at radius 1 is 0.526 bits per heavy atom. The summed E-state index contributed by atoms with van der Waals surface area (Å²) in [5.41, 5.74) is 5.33. The van der Waals surface area contributed by atoms with Crippen LogP contribution in [0, 0.1) is 0 Å². The fourth-order valence-corrected chi connectivity index (χ4v) is 7.37. The van der Waals surface area contributed by atoms with Crippen LogP contribution in [0.3, 0.4) is 0 Å². The number of rotatable bonds is 44. The van der Waals surface area contributed by atoms with Crippen LogP contribution in [0.1, 0.15) is 226 Å². The van der Waals surface area contributed by atoms with Crippen molar-refractivity contribution >= 4 is 25.7 Å². The number of nitrogens with two attached hydrogens (primary N) is 1. The van der Waals surface area contributed by atoms with Crippen LogP contribution in [-0.4, -0.2) is 59.9 Å². The van der Waals surface area contributed by atoms with Gasteiger partial charge in [-0.3, -0.25) is 23.4 Å². The molecule has 0 aliphatic heterocycles. The van der Waals surface area contributed by atoms with Crippen LogP contribution < -0.4 is 5.73 Å². The number of hydrogen-bond acceptors (Lipinski definition) is 9. The third-order valence-electron chi connectivity index (χ3n) is 10.3. The van der Waals surface area contributed by atoms with E-state index in [0.29, 0.717) is 12.8 Å². The largest absolute Gasteiger partial charge is 0.480 e. The topological polar surface area (TPSA) is 172 Å². The second-order valence-corrected chi connectivity index (χ2v) is 17.3. The van der Waals surface area contributed by atoms with Crippen molar-refractivity contribution in [2.24, 2.45) is 5.73 Å². The third kappa shape index (κ3) is 40.8. The van der Waals surface area contributed by atoms with Crippen LogP contribution in [0.4, 0.5) is 0 Å². The zero-order chi connectivity index (χ0) is 42.1. The van der Waals surface area contributed by atoms with Crippen molar-refractivity contribution in [1.29, 1.82) is 0 Å². The van der Waals surface area contributed by atoms with E-state index in [2.05, 4.69) is 30.5 Å². The number of phosphoric acid groups is 1. The van der Waals surface area contributed by atoms with E-state index in [-0.39, 0.29) is 19.4 Å². The summed E-state index contributed by atoms with van der Waals surface area (Å²) in [7, 11) is -4.71. The molecule has 0 aliphatic rings. The van der Waals surface area contributed by atoms with E-state index in [0.717, 1.165) is 38.5 Å². The average Bonchev–Trinajstić information content (AvgIpc) is 3.19. The standard InChI is InChI=1S/C45H86NO10P/c1-3-5-7-9-11-13-15-17-18-19-20-21-22-23-24-25-27-28-30-32-34-36-43(47)53-38-41(39-54-57(51,52)55-40-42(46)45(49)50)56-44(48)37-35-33-31-29-26-16-14-12-10-8-6-4-2/h17-18,41-42H,3-16,19-40,46H2,1-2H3,(H,49,50)(H,51,52)/b18-17-/t41-,42+/m1/s1. The van der Waals surface area contributed by atoms with Crippen LogP contribution in [0.25, 0.3) is 0 Å². The lowest BCUT2D eigenvalue weighted by molar-refractivity contribution is -0.161. The molecule has 0 bridgehead atoms. The SMILES string of the molecule is CCCCCCCC/C=C\CCCCCCCCCCCCCC(=O)OC[C@H](COP(=O)(O)OC[C@H](N)C(=O)O)OC(=O)CCCCCCCCCCCCCC. The van der Waals surface area contributed by atoms with Gasteiger partial charge in [-0.1, -0.05) is 187 Å². The molecule has 0 radical (unpaired) electrons. The number of aliphatic carboxylic acids is 1. The monoisotopic (exact) mass is 832 g/mol. The average molecular weight is 832 g/mol. The first-order valence-electron chi connectivity index (χ1n) is 23.2. The number of phosphoric ester groups is 1. The minimum Gasteiger partial charge on any atom is -0.480 e. The number of hydrogen-bond donors (Lipinski definition) is 3. The van der Waals surface area contributed by atoms with Gasteiger partial charge >= 0.3 is 25.7 Å². The number of esters is 2. The Kier molecular flexibility index (Phi) is 39.7. The number of carbonyl (C=O) groups excluding carboxylic acids is 2. The van der Waals surface area contributed by atoms with Gasteiger partial charge < -0.3 is 25.2 Å². The maximum Gasteiger partial charge on any atom is 0.472 e. The van der Waals surface area contributed by atoms with E-state index >= 15 is 0 Å². The molecule has 0 aromatic carbocycles. The molecule has 0 aliphatic carbocycles. The van der Waals surface area contributed by atoms with Crippen LogP contribution >= 0.6 is 7.82 Å². The number of allylic oxidation sites excluding steroid dienone is 2. The van der Waals surface area contributed by atoms with Gasteiger partial charge in [-0.05, 0) is 38.5 Å². The van der Waals surface area contributed by atoms with Gasteiger partial charge in [0.05, 0.1) is 13.2 Å². The molecule has 0 aromatic heterocycles. The summed E-state index contributed by atoms with van der Waals surface area (Å²) < 4.78 is 32.7. The summed E-state index contributed by atoms with van der Waals surface area (Å²) >= 11 is 0. The molecule has 0 amide bonds. The summed E-state index contributed by atoms with van der Waals surface area (Å²) in [4.78, 5) is 46.0. The second-order valence-electron chi connectivity index (χ2n) is 15.9. The van der Waals surface area contributed by atoms with Gasteiger partial charge in [0.25, 0.3) is 0 Å². The molecule has 0 aromatic rings. The van der Waals surface area contributed by atoms with Crippen molar-refractivity contribution in [1.82, 2.24) is 0 Å². The molecule has 0 spiro atoms. The Labute approximate surface area is 348 Å². The fraction of sp³-hybridized carbons (Fsp3) is 0.889. The molecule has 11 nitrogen and oxygen atoms in total.